The maximum absolute atomic E-state index is 12.9. The zero-order chi connectivity index (χ0) is 19.9. The van der Waals surface area contributed by atoms with Gasteiger partial charge in [0.05, 0.1) is 0 Å². The molecule has 0 saturated carbocycles. The van der Waals surface area contributed by atoms with Crippen LogP contribution in [0.15, 0.2) is 42.6 Å². The molecule has 7 heteroatoms. The number of carbonyl (C=O) groups is 2. The molecule has 1 aromatic heterocycles. The molecular formula is C21H25FN4O2. The lowest BCUT2D eigenvalue weighted by Crippen LogP contribution is -2.48. The summed E-state index contributed by atoms with van der Waals surface area (Å²) >= 11 is 0. The summed E-state index contributed by atoms with van der Waals surface area (Å²) in [6.07, 6.45) is 2.08. The summed E-state index contributed by atoms with van der Waals surface area (Å²) in [5, 5.41) is 2.79. The van der Waals surface area contributed by atoms with Crippen LogP contribution in [0.4, 0.5) is 4.39 Å². The Kier molecular flexibility index (Phi) is 6.71. The van der Waals surface area contributed by atoms with E-state index in [1.807, 2.05) is 4.90 Å². The van der Waals surface area contributed by atoms with E-state index in [1.165, 1.54) is 18.3 Å². The van der Waals surface area contributed by atoms with Gasteiger partial charge in [-0.1, -0.05) is 19.1 Å². The zero-order valence-corrected chi connectivity index (χ0v) is 16.0. The number of pyridine rings is 1. The number of rotatable bonds is 6. The molecule has 0 unspecified atom stereocenters. The number of nitrogens with zero attached hydrogens (tertiary/aromatic N) is 3. The normalized spacial score (nSPS) is 14.7. The molecule has 1 N–H and O–H groups in total. The van der Waals surface area contributed by atoms with Crippen LogP contribution in [0.25, 0.3) is 0 Å². The zero-order valence-electron chi connectivity index (χ0n) is 16.0. The molecule has 1 aromatic carbocycles. The number of piperazine rings is 1. The molecule has 0 aliphatic carbocycles. The van der Waals surface area contributed by atoms with E-state index in [2.05, 4.69) is 22.1 Å². The number of aromatic nitrogens is 1. The topological polar surface area (TPSA) is 65.5 Å². The van der Waals surface area contributed by atoms with Crippen molar-refractivity contribution >= 4 is 11.8 Å². The lowest BCUT2D eigenvalue weighted by atomic mass is 10.1. The summed E-state index contributed by atoms with van der Waals surface area (Å²) in [5.41, 5.74) is 1.63. The minimum atomic E-state index is -0.326. The fraction of sp³-hybridized carbons (Fsp3) is 0.381. The molecule has 0 atom stereocenters. The first-order valence-electron chi connectivity index (χ1n) is 9.57. The molecule has 0 spiro atoms. The number of likely N-dealkylation sites (N-methyl/N-ethyl adjacent to an activating group) is 1. The molecular weight excluding hydrogens is 359 g/mol. The van der Waals surface area contributed by atoms with Gasteiger partial charge in [-0.25, -0.2) is 4.39 Å². The van der Waals surface area contributed by atoms with E-state index >= 15 is 0 Å². The van der Waals surface area contributed by atoms with Gasteiger partial charge in [-0.3, -0.25) is 14.6 Å². The van der Waals surface area contributed by atoms with Gasteiger partial charge in [0, 0.05) is 44.5 Å². The fourth-order valence-electron chi connectivity index (χ4n) is 3.20. The maximum atomic E-state index is 12.9. The van der Waals surface area contributed by atoms with Crippen LogP contribution in [0.3, 0.4) is 0 Å². The average molecular weight is 384 g/mol. The van der Waals surface area contributed by atoms with Gasteiger partial charge in [0.15, 0.2) is 0 Å². The number of hydrogen-bond acceptors (Lipinski definition) is 4. The second-order valence-electron chi connectivity index (χ2n) is 6.79. The SMILES string of the molecule is CCN1CCN(C(=O)c2ccnc(C(=O)NCCc3ccc(F)cc3)c2)CC1. The average Bonchev–Trinajstić information content (AvgIpc) is 2.74. The highest BCUT2D eigenvalue weighted by Crippen LogP contribution is 2.10. The Morgan fingerprint density at radius 2 is 1.82 bits per heavy atom. The van der Waals surface area contributed by atoms with Crippen molar-refractivity contribution in [3.63, 3.8) is 0 Å². The number of nitrogens with one attached hydrogen (secondary N) is 1. The standard InChI is InChI=1S/C21H25FN4O2/c1-2-25-11-13-26(14-12-25)21(28)17-8-10-23-19(15-17)20(27)24-9-7-16-3-5-18(22)6-4-16/h3-6,8,10,15H,2,7,9,11-14H2,1H3,(H,24,27). The van der Waals surface area contributed by atoms with Gasteiger partial charge in [-0.15, -0.1) is 0 Å². The van der Waals surface area contributed by atoms with Gasteiger partial charge in [-0.05, 0) is 42.8 Å². The Morgan fingerprint density at radius 3 is 2.50 bits per heavy atom. The van der Waals surface area contributed by atoms with Crippen LogP contribution in [0.1, 0.15) is 33.3 Å². The number of carbonyl (C=O) groups excluding carboxylic acids is 2. The van der Waals surface area contributed by atoms with Crippen molar-refractivity contribution in [1.29, 1.82) is 0 Å². The van der Waals surface area contributed by atoms with Crippen molar-refractivity contribution in [1.82, 2.24) is 20.1 Å². The summed E-state index contributed by atoms with van der Waals surface area (Å²) in [7, 11) is 0. The van der Waals surface area contributed by atoms with E-state index in [1.54, 1.807) is 24.3 Å². The Labute approximate surface area is 164 Å². The molecule has 6 nitrogen and oxygen atoms in total. The van der Waals surface area contributed by atoms with E-state index < -0.39 is 0 Å². The number of hydrogen-bond donors (Lipinski definition) is 1. The third kappa shape index (κ3) is 5.13. The summed E-state index contributed by atoms with van der Waals surface area (Å²) < 4.78 is 12.9. The molecule has 2 heterocycles. The second-order valence-corrected chi connectivity index (χ2v) is 6.79. The molecule has 0 radical (unpaired) electrons. The molecule has 1 saturated heterocycles. The second kappa shape index (κ2) is 9.41. The van der Waals surface area contributed by atoms with E-state index in [0.717, 1.165) is 25.2 Å². The highest BCUT2D eigenvalue weighted by Gasteiger charge is 2.22. The van der Waals surface area contributed by atoms with Crippen LogP contribution in [0, 0.1) is 5.82 Å². The van der Waals surface area contributed by atoms with Crippen molar-refractivity contribution in [2.45, 2.75) is 13.3 Å². The van der Waals surface area contributed by atoms with E-state index in [-0.39, 0.29) is 23.3 Å². The highest BCUT2D eigenvalue weighted by atomic mass is 19.1. The summed E-state index contributed by atoms with van der Waals surface area (Å²) in [6, 6.07) is 9.36. The first-order chi connectivity index (χ1) is 13.6. The van der Waals surface area contributed by atoms with Crippen LogP contribution < -0.4 is 5.32 Å². The predicted molar refractivity (Wildman–Crippen MR) is 105 cm³/mol. The monoisotopic (exact) mass is 384 g/mol. The third-order valence-corrected chi connectivity index (χ3v) is 4.96. The Hall–Kier alpha value is -2.80. The highest BCUT2D eigenvalue weighted by molar-refractivity contribution is 5.98. The molecule has 28 heavy (non-hydrogen) atoms. The first-order valence-corrected chi connectivity index (χ1v) is 9.57. The Bertz CT molecular complexity index is 817. The minimum absolute atomic E-state index is 0.0708. The minimum Gasteiger partial charge on any atom is -0.350 e. The van der Waals surface area contributed by atoms with Gasteiger partial charge in [0.25, 0.3) is 11.8 Å². The van der Waals surface area contributed by atoms with Gasteiger partial charge in [0.2, 0.25) is 0 Å². The molecule has 1 aliphatic heterocycles. The smallest absolute Gasteiger partial charge is 0.269 e. The molecule has 2 aromatic rings. The fourth-order valence-corrected chi connectivity index (χ4v) is 3.20. The van der Waals surface area contributed by atoms with Gasteiger partial charge in [-0.2, -0.15) is 0 Å². The number of benzene rings is 1. The Balaban J connectivity index is 1.55. The summed E-state index contributed by atoms with van der Waals surface area (Å²) in [5.74, 6) is -0.680. The van der Waals surface area contributed by atoms with Crippen LogP contribution >= 0.6 is 0 Å². The number of halogens is 1. The van der Waals surface area contributed by atoms with Crippen molar-refractivity contribution in [3.8, 4) is 0 Å². The molecule has 148 valence electrons. The van der Waals surface area contributed by atoms with Crippen molar-refractivity contribution in [2.24, 2.45) is 0 Å². The first kappa shape index (κ1) is 19.9. The van der Waals surface area contributed by atoms with Crippen LogP contribution in [0.5, 0.6) is 0 Å². The molecule has 1 fully saturated rings. The van der Waals surface area contributed by atoms with Gasteiger partial charge >= 0.3 is 0 Å². The molecule has 0 bridgehead atoms. The largest absolute Gasteiger partial charge is 0.350 e. The predicted octanol–water partition coefficient (Wildman–Crippen LogP) is 1.97. The van der Waals surface area contributed by atoms with Crippen molar-refractivity contribution in [2.75, 3.05) is 39.3 Å². The van der Waals surface area contributed by atoms with E-state index in [9.17, 15) is 14.0 Å². The van der Waals surface area contributed by atoms with Gasteiger partial charge < -0.3 is 15.1 Å². The summed E-state index contributed by atoms with van der Waals surface area (Å²) in [6.45, 7) is 6.61. The van der Waals surface area contributed by atoms with Crippen molar-refractivity contribution < 1.29 is 14.0 Å². The Morgan fingerprint density at radius 1 is 1.11 bits per heavy atom. The lowest BCUT2D eigenvalue weighted by Gasteiger charge is -2.34. The number of amides is 2. The molecule has 3 rings (SSSR count). The third-order valence-electron chi connectivity index (χ3n) is 4.96. The summed E-state index contributed by atoms with van der Waals surface area (Å²) in [4.78, 5) is 33.3. The lowest BCUT2D eigenvalue weighted by molar-refractivity contribution is 0.0643. The van der Waals surface area contributed by atoms with Crippen molar-refractivity contribution in [3.05, 3.63) is 65.2 Å². The van der Waals surface area contributed by atoms with Crippen LogP contribution in [-0.4, -0.2) is 65.9 Å². The maximum Gasteiger partial charge on any atom is 0.269 e. The van der Waals surface area contributed by atoms with Gasteiger partial charge in [0.1, 0.15) is 11.5 Å². The quantitative estimate of drug-likeness (QED) is 0.827. The van der Waals surface area contributed by atoms with E-state index in [4.69, 9.17) is 0 Å². The molecule has 2 amide bonds. The van der Waals surface area contributed by atoms with E-state index in [0.29, 0.717) is 31.6 Å². The van der Waals surface area contributed by atoms with Crippen LogP contribution in [-0.2, 0) is 6.42 Å². The molecule has 1 aliphatic rings. The van der Waals surface area contributed by atoms with Crippen LogP contribution in [0.2, 0.25) is 0 Å².